The van der Waals surface area contributed by atoms with Crippen LogP contribution in [0, 0.1) is 0 Å². The van der Waals surface area contributed by atoms with Gasteiger partial charge in [-0.15, -0.1) is 0 Å². The second-order valence-corrected chi connectivity index (χ2v) is 12.2. The first-order valence-electron chi connectivity index (χ1n) is 14.3. The number of hydrogen-bond donors (Lipinski definition) is 2. The summed E-state index contributed by atoms with van der Waals surface area (Å²) in [5, 5.41) is 0.142. The lowest BCUT2D eigenvalue weighted by molar-refractivity contribution is -0.161. The van der Waals surface area contributed by atoms with E-state index in [4.69, 9.17) is 19.3 Å². The van der Waals surface area contributed by atoms with E-state index in [0.717, 1.165) is 57.1 Å². The molecule has 224 valence electrons. The fourth-order valence-electron chi connectivity index (χ4n) is 3.85. The highest BCUT2D eigenvalue weighted by Crippen LogP contribution is 2.35. The molecule has 0 unspecified atom stereocenters. The molecule has 2 N–H and O–H groups in total. The van der Waals surface area contributed by atoms with Crippen molar-refractivity contribution in [1.82, 2.24) is 0 Å². The summed E-state index contributed by atoms with van der Waals surface area (Å²) < 4.78 is 26.0. The lowest BCUT2D eigenvalue weighted by atomic mass is 10.1. The summed E-state index contributed by atoms with van der Waals surface area (Å²) in [6.07, 6.45) is 16.4. The molecule has 0 bridgehead atoms. The molecule has 1 atom stereocenters. The Morgan fingerprint density at radius 1 is 0.711 bits per heavy atom. The highest BCUT2D eigenvalue weighted by atomic mass is 32.2. The van der Waals surface area contributed by atoms with Crippen LogP contribution in [-0.2, 0) is 32.9 Å². The van der Waals surface area contributed by atoms with Gasteiger partial charge in [0.2, 0.25) is 0 Å². The normalized spacial score (nSPS) is 12.3. The van der Waals surface area contributed by atoms with Gasteiger partial charge < -0.3 is 19.3 Å². The van der Waals surface area contributed by atoms with Crippen LogP contribution in [0.3, 0.4) is 0 Å². The second kappa shape index (κ2) is 25.1. The first kappa shape index (κ1) is 37.1. The highest BCUT2D eigenvalue weighted by molar-refractivity contribution is 8.13. The van der Waals surface area contributed by atoms with E-state index < -0.39 is 32.5 Å². The highest BCUT2D eigenvalue weighted by Gasteiger charge is 2.22. The minimum Gasteiger partial charge on any atom is -0.462 e. The first-order chi connectivity index (χ1) is 18.1. The summed E-state index contributed by atoms with van der Waals surface area (Å²) in [5.74, 6) is -0.102. The minimum absolute atomic E-state index is 0.142. The summed E-state index contributed by atoms with van der Waals surface area (Å²) in [7, 11) is -4.75. The molecule has 9 nitrogen and oxygen atoms in total. The maximum atomic E-state index is 12.2. The quantitative estimate of drug-likeness (QED) is 0.0631. The third-order valence-electron chi connectivity index (χ3n) is 5.97. The van der Waals surface area contributed by atoms with Crippen molar-refractivity contribution >= 4 is 36.6 Å². The molecule has 38 heavy (non-hydrogen) atoms. The first-order valence-corrected chi connectivity index (χ1v) is 16.8. The topological polar surface area (TPSA) is 136 Å². The zero-order valence-electron chi connectivity index (χ0n) is 23.5. The summed E-state index contributed by atoms with van der Waals surface area (Å²) in [6, 6.07) is 0. The zero-order valence-corrected chi connectivity index (χ0v) is 25.2. The Kier molecular flexibility index (Phi) is 24.5. The molecule has 11 heteroatoms. The number of phosphoric ester groups is 1. The molecular formula is C27H51O9PS. The number of rotatable bonds is 26. The van der Waals surface area contributed by atoms with Crippen LogP contribution in [0.2, 0.25) is 0 Å². The SMILES string of the molecule is CCCCCCCCCCCCC(=O)O[C@H](COC(=O)CCCCCCCCSC(C)=O)COP(=O)(O)O. The third kappa shape index (κ3) is 28.1. The smallest absolute Gasteiger partial charge is 0.462 e. The van der Waals surface area contributed by atoms with E-state index in [9.17, 15) is 18.9 Å². The van der Waals surface area contributed by atoms with Crippen molar-refractivity contribution in [3.8, 4) is 0 Å². The number of carbonyl (C=O) groups excluding carboxylic acids is 3. The molecule has 0 aromatic carbocycles. The number of thioether (sulfide) groups is 1. The summed E-state index contributed by atoms with van der Waals surface area (Å²) in [6.45, 7) is 2.91. The Morgan fingerprint density at radius 2 is 1.18 bits per heavy atom. The number of hydrogen-bond acceptors (Lipinski definition) is 8. The fraction of sp³-hybridized carbons (Fsp3) is 0.889. The standard InChI is InChI=1S/C27H51O9PS/c1-3-4-5-6-7-8-9-10-14-17-20-27(30)36-25(23-35-37(31,32)33)22-34-26(29)19-16-13-11-12-15-18-21-38-24(2)28/h25H,3-23H2,1-2H3,(H2,31,32,33)/t25-/m1/s1. The van der Waals surface area contributed by atoms with Gasteiger partial charge in [0.1, 0.15) is 6.61 Å². The van der Waals surface area contributed by atoms with Crippen molar-refractivity contribution < 1.29 is 42.7 Å². The largest absolute Gasteiger partial charge is 0.469 e. The molecule has 0 fully saturated rings. The lowest BCUT2D eigenvalue weighted by Gasteiger charge is -2.18. The zero-order chi connectivity index (χ0) is 28.5. The number of phosphoric acid groups is 1. The number of unbranched alkanes of at least 4 members (excludes halogenated alkanes) is 14. The Hall–Kier alpha value is -0.930. The van der Waals surface area contributed by atoms with E-state index in [-0.39, 0.29) is 24.6 Å². The number of carbonyl (C=O) groups is 3. The molecule has 0 radical (unpaired) electrons. The maximum Gasteiger partial charge on any atom is 0.469 e. The van der Waals surface area contributed by atoms with Crippen molar-refractivity contribution in [2.45, 2.75) is 136 Å². The van der Waals surface area contributed by atoms with Gasteiger partial charge in [-0.1, -0.05) is 102 Å². The average molecular weight is 583 g/mol. The Morgan fingerprint density at radius 3 is 1.68 bits per heavy atom. The average Bonchev–Trinajstić information content (AvgIpc) is 2.85. The van der Waals surface area contributed by atoms with Gasteiger partial charge in [-0.25, -0.2) is 4.57 Å². The molecule has 0 heterocycles. The van der Waals surface area contributed by atoms with Gasteiger partial charge in [-0.3, -0.25) is 18.9 Å². The van der Waals surface area contributed by atoms with Gasteiger partial charge >= 0.3 is 19.8 Å². The van der Waals surface area contributed by atoms with E-state index >= 15 is 0 Å². The molecule has 0 aliphatic heterocycles. The second-order valence-electron chi connectivity index (χ2n) is 9.72. The van der Waals surface area contributed by atoms with Crippen LogP contribution in [0.5, 0.6) is 0 Å². The van der Waals surface area contributed by atoms with Crippen LogP contribution < -0.4 is 0 Å². The van der Waals surface area contributed by atoms with Crippen LogP contribution in [-0.4, -0.2) is 51.9 Å². The Balaban J connectivity index is 4.07. The molecule has 0 aromatic heterocycles. The van der Waals surface area contributed by atoms with Crippen molar-refractivity contribution in [3.05, 3.63) is 0 Å². The predicted octanol–water partition coefficient (Wildman–Crippen LogP) is 6.87. The van der Waals surface area contributed by atoms with Gasteiger partial charge in [0, 0.05) is 25.5 Å². The van der Waals surface area contributed by atoms with Crippen LogP contribution in [0.1, 0.15) is 129 Å². The van der Waals surface area contributed by atoms with Gasteiger partial charge in [0.25, 0.3) is 0 Å². The fourth-order valence-corrected chi connectivity index (χ4v) is 4.85. The molecule has 0 spiro atoms. The van der Waals surface area contributed by atoms with Gasteiger partial charge in [0.15, 0.2) is 11.2 Å². The van der Waals surface area contributed by atoms with Crippen LogP contribution in [0.4, 0.5) is 0 Å². The van der Waals surface area contributed by atoms with E-state index in [1.165, 1.54) is 50.3 Å². The van der Waals surface area contributed by atoms with Crippen molar-refractivity contribution in [3.63, 3.8) is 0 Å². The summed E-state index contributed by atoms with van der Waals surface area (Å²) >= 11 is 1.35. The van der Waals surface area contributed by atoms with Crippen LogP contribution in [0.15, 0.2) is 0 Å². The molecule has 0 amide bonds. The van der Waals surface area contributed by atoms with Crippen molar-refractivity contribution in [1.29, 1.82) is 0 Å². The van der Waals surface area contributed by atoms with E-state index in [2.05, 4.69) is 11.4 Å². The van der Waals surface area contributed by atoms with Crippen LogP contribution in [0.25, 0.3) is 0 Å². The monoisotopic (exact) mass is 582 g/mol. The molecule has 0 saturated heterocycles. The maximum absolute atomic E-state index is 12.2. The molecule has 0 aliphatic carbocycles. The number of ether oxygens (including phenoxy) is 2. The van der Waals surface area contributed by atoms with Gasteiger partial charge in [0.05, 0.1) is 6.61 Å². The molecular weight excluding hydrogens is 531 g/mol. The molecule has 0 aromatic rings. The van der Waals surface area contributed by atoms with E-state index in [0.29, 0.717) is 12.8 Å². The predicted molar refractivity (Wildman–Crippen MR) is 151 cm³/mol. The van der Waals surface area contributed by atoms with E-state index in [1.807, 2.05) is 0 Å². The van der Waals surface area contributed by atoms with Crippen molar-refractivity contribution in [2.24, 2.45) is 0 Å². The van der Waals surface area contributed by atoms with Crippen LogP contribution >= 0.6 is 19.6 Å². The van der Waals surface area contributed by atoms with Crippen molar-refractivity contribution in [2.75, 3.05) is 19.0 Å². The lowest BCUT2D eigenvalue weighted by Crippen LogP contribution is -2.29. The molecule has 0 aliphatic rings. The third-order valence-corrected chi connectivity index (χ3v) is 7.36. The minimum atomic E-state index is -4.75. The van der Waals surface area contributed by atoms with Gasteiger partial charge in [-0.05, 0) is 19.3 Å². The Labute approximate surface area is 233 Å². The number of esters is 2. The summed E-state index contributed by atoms with van der Waals surface area (Å²) in [5.41, 5.74) is 0. The molecule has 0 rings (SSSR count). The van der Waals surface area contributed by atoms with E-state index in [1.54, 1.807) is 6.92 Å². The molecule has 0 saturated carbocycles. The Bertz CT molecular complexity index is 669. The van der Waals surface area contributed by atoms with Gasteiger partial charge in [-0.2, -0.15) is 0 Å². The summed E-state index contributed by atoms with van der Waals surface area (Å²) in [4.78, 5) is 53.1.